The first kappa shape index (κ1) is 17.5. The van der Waals surface area contributed by atoms with Crippen molar-refractivity contribution in [3.63, 3.8) is 0 Å². The van der Waals surface area contributed by atoms with Crippen LogP contribution in [0.4, 0.5) is 0 Å². The molecule has 1 aromatic heterocycles. The van der Waals surface area contributed by atoms with Crippen molar-refractivity contribution in [3.8, 4) is 0 Å². The molecule has 7 heteroatoms. The van der Waals surface area contributed by atoms with Crippen LogP contribution in [-0.4, -0.2) is 57.6 Å². The van der Waals surface area contributed by atoms with E-state index >= 15 is 0 Å². The summed E-state index contributed by atoms with van der Waals surface area (Å²) >= 11 is 0. The number of hydrogen-bond donors (Lipinski definition) is 0. The molecule has 7 nitrogen and oxygen atoms in total. The minimum atomic E-state index is -0.251. The minimum absolute atomic E-state index is 0.0694. The first-order chi connectivity index (χ1) is 13.0. The Morgan fingerprint density at radius 2 is 1.63 bits per heavy atom. The van der Waals surface area contributed by atoms with E-state index in [0.717, 1.165) is 11.1 Å². The summed E-state index contributed by atoms with van der Waals surface area (Å²) in [6.45, 7) is 2.04. The number of nitrogens with zero attached hydrogens (tertiary/aromatic N) is 4. The van der Waals surface area contributed by atoms with Gasteiger partial charge in [-0.05, 0) is 24.0 Å². The molecule has 1 aromatic carbocycles. The smallest absolute Gasteiger partial charge is 0.274 e. The highest BCUT2D eigenvalue weighted by molar-refractivity contribution is 5.92. The van der Waals surface area contributed by atoms with Crippen LogP contribution in [-0.2, 0) is 11.8 Å². The van der Waals surface area contributed by atoms with E-state index in [-0.39, 0.29) is 29.0 Å². The Hall–Kier alpha value is -2.96. The Balaban J connectivity index is 1.34. The number of aryl methyl sites for hydroxylation is 1. The molecule has 27 heavy (non-hydrogen) atoms. The van der Waals surface area contributed by atoms with Crippen molar-refractivity contribution >= 4 is 11.8 Å². The molecule has 1 aliphatic carbocycles. The topological polar surface area (TPSA) is 75.5 Å². The van der Waals surface area contributed by atoms with Gasteiger partial charge in [0.05, 0.1) is 0 Å². The second-order valence-corrected chi connectivity index (χ2v) is 7.16. The van der Waals surface area contributed by atoms with Crippen molar-refractivity contribution in [1.82, 2.24) is 19.6 Å². The van der Waals surface area contributed by atoms with Crippen LogP contribution in [0, 0.1) is 5.92 Å². The van der Waals surface area contributed by atoms with Crippen LogP contribution in [0.3, 0.4) is 0 Å². The summed E-state index contributed by atoms with van der Waals surface area (Å²) in [5.41, 5.74) is 1.23. The Morgan fingerprint density at radius 3 is 2.30 bits per heavy atom. The number of aromatic nitrogens is 2. The van der Waals surface area contributed by atoms with Crippen LogP contribution in [0.25, 0.3) is 0 Å². The molecule has 4 rings (SSSR count). The van der Waals surface area contributed by atoms with Crippen molar-refractivity contribution in [3.05, 3.63) is 64.1 Å². The third-order valence-electron chi connectivity index (χ3n) is 5.39. The van der Waals surface area contributed by atoms with E-state index in [1.807, 2.05) is 23.1 Å². The molecule has 2 amide bonds. The van der Waals surface area contributed by atoms with Gasteiger partial charge in [-0.2, -0.15) is 5.10 Å². The van der Waals surface area contributed by atoms with E-state index in [9.17, 15) is 14.4 Å². The van der Waals surface area contributed by atoms with Crippen LogP contribution in [0.15, 0.2) is 47.3 Å². The van der Waals surface area contributed by atoms with Gasteiger partial charge in [0.1, 0.15) is 5.69 Å². The predicted molar refractivity (Wildman–Crippen MR) is 99.3 cm³/mol. The molecular formula is C20H22N4O3. The molecule has 140 valence electrons. The zero-order valence-corrected chi connectivity index (χ0v) is 15.2. The summed E-state index contributed by atoms with van der Waals surface area (Å²) in [6, 6.07) is 13.0. The number of carbonyl (C=O) groups excluding carboxylic acids is 2. The quantitative estimate of drug-likeness (QED) is 0.808. The van der Waals surface area contributed by atoms with Crippen molar-refractivity contribution in [2.24, 2.45) is 13.0 Å². The van der Waals surface area contributed by atoms with E-state index < -0.39 is 0 Å². The molecule has 2 fully saturated rings. The van der Waals surface area contributed by atoms with Crippen LogP contribution in [0.2, 0.25) is 0 Å². The first-order valence-electron chi connectivity index (χ1n) is 9.22. The fraction of sp³-hybridized carbons (Fsp3) is 0.400. The van der Waals surface area contributed by atoms with Gasteiger partial charge in [0, 0.05) is 45.2 Å². The number of rotatable bonds is 3. The lowest BCUT2D eigenvalue weighted by molar-refractivity contribution is -0.134. The lowest BCUT2D eigenvalue weighted by Gasteiger charge is -2.34. The molecule has 2 atom stereocenters. The third-order valence-corrected chi connectivity index (χ3v) is 5.39. The van der Waals surface area contributed by atoms with Crippen LogP contribution < -0.4 is 5.56 Å². The largest absolute Gasteiger partial charge is 0.339 e. The van der Waals surface area contributed by atoms with Crippen LogP contribution in [0.1, 0.15) is 28.4 Å². The van der Waals surface area contributed by atoms with Gasteiger partial charge >= 0.3 is 0 Å². The summed E-state index contributed by atoms with van der Waals surface area (Å²) < 4.78 is 1.16. The maximum atomic E-state index is 12.7. The summed E-state index contributed by atoms with van der Waals surface area (Å²) in [7, 11) is 1.52. The van der Waals surface area contributed by atoms with E-state index in [1.54, 1.807) is 4.90 Å². The molecule has 2 aliphatic rings. The molecule has 1 saturated heterocycles. The molecule has 2 heterocycles. The highest BCUT2D eigenvalue weighted by atomic mass is 16.2. The second kappa shape index (κ2) is 6.98. The van der Waals surface area contributed by atoms with Gasteiger partial charge in [0.2, 0.25) is 5.91 Å². The lowest BCUT2D eigenvalue weighted by atomic mass is 10.1. The molecule has 0 N–H and O–H groups in total. The van der Waals surface area contributed by atoms with Gasteiger partial charge in [-0.15, -0.1) is 0 Å². The maximum absolute atomic E-state index is 12.7. The number of carbonyl (C=O) groups is 2. The highest BCUT2D eigenvalue weighted by Gasteiger charge is 2.46. The Bertz CT molecular complexity index is 916. The number of piperazine rings is 1. The molecule has 1 saturated carbocycles. The van der Waals surface area contributed by atoms with Crippen LogP contribution >= 0.6 is 0 Å². The zero-order chi connectivity index (χ0) is 19.0. The van der Waals surface area contributed by atoms with Gasteiger partial charge in [-0.3, -0.25) is 14.4 Å². The number of benzene rings is 1. The van der Waals surface area contributed by atoms with Gasteiger partial charge in [0.15, 0.2) is 0 Å². The minimum Gasteiger partial charge on any atom is -0.339 e. The Morgan fingerprint density at radius 1 is 0.963 bits per heavy atom. The maximum Gasteiger partial charge on any atom is 0.274 e. The normalized spacial score (nSPS) is 21.8. The standard InChI is InChI=1S/C20H22N4O3/c1-22-18(25)8-7-17(21-22)20(27)24-11-9-23(10-12-24)19(26)16-13-15(16)14-5-3-2-4-6-14/h2-8,15-16H,9-13H2,1H3/t15-,16+/m0/s1. The molecule has 0 bridgehead atoms. The number of hydrogen-bond acceptors (Lipinski definition) is 4. The fourth-order valence-electron chi connectivity index (χ4n) is 3.68. The monoisotopic (exact) mass is 366 g/mol. The van der Waals surface area contributed by atoms with Crippen molar-refractivity contribution < 1.29 is 9.59 Å². The SMILES string of the molecule is Cn1nc(C(=O)N2CCN(C(=O)[C@@H]3C[C@H]3c3ccccc3)CC2)ccc1=O. The summed E-state index contributed by atoms with van der Waals surface area (Å²) in [4.78, 5) is 40.3. The first-order valence-corrected chi connectivity index (χ1v) is 9.22. The number of amides is 2. The predicted octanol–water partition coefficient (Wildman–Crippen LogP) is 0.868. The molecule has 0 unspecified atom stereocenters. The molecule has 1 aliphatic heterocycles. The highest BCUT2D eigenvalue weighted by Crippen LogP contribution is 2.48. The Kier molecular flexibility index (Phi) is 4.51. The average molecular weight is 366 g/mol. The molecule has 0 radical (unpaired) electrons. The van der Waals surface area contributed by atoms with Gasteiger partial charge in [-0.25, -0.2) is 4.68 Å². The average Bonchev–Trinajstić information content (AvgIpc) is 3.51. The van der Waals surface area contributed by atoms with E-state index in [2.05, 4.69) is 17.2 Å². The zero-order valence-electron chi connectivity index (χ0n) is 15.2. The lowest BCUT2D eigenvalue weighted by Crippen LogP contribution is -2.51. The van der Waals surface area contributed by atoms with Gasteiger partial charge < -0.3 is 9.80 Å². The summed E-state index contributed by atoms with van der Waals surface area (Å²) in [5, 5.41) is 4.02. The van der Waals surface area contributed by atoms with Crippen LogP contribution in [0.5, 0.6) is 0 Å². The van der Waals surface area contributed by atoms with Crippen molar-refractivity contribution in [2.75, 3.05) is 26.2 Å². The van der Waals surface area contributed by atoms with Crippen molar-refractivity contribution in [1.29, 1.82) is 0 Å². The van der Waals surface area contributed by atoms with E-state index in [4.69, 9.17) is 0 Å². The third kappa shape index (κ3) is 3.49. The fourth-order valence-corrected chi connectivity index (χ4v) is 3.68. The van der Waals surface area contributed by atoms with Crippen molar-refractivity contribution in [2.45, 2.75) is 12.3 Å². The summed E-state index contributed by atoms with van der Waals surface area (Å²) in [5.74, 6) is 0.385. The van der Waals surface area contributed by atoms with Gasteiger partial charge in [0.25, 0.3) is 11.5 Å². The molecular weight excluding hydrogens is 344 g/mol. The second-order valence-electron chi connectivity index (χ2n) is 7.16. The van der Waals surface area contributed by atoms with E-state index in [0.29, 0.717) is 32.1 Å². The van der Waals surface area contributed by atoms with E-state index in [1.165, 1.54) is 24.7 Å². The molecule has 0 spiro atoms. The Labute approximate surface area is 157 Å². The van der Waals surface area contributed by atoms with Gasteiger partial charge in [-0.1, -0.05) is 30.3 Å². The summed E-state index contributed by atoms with van der Waals surface area (Å²) in [6.07, 6.45) is 0.907. The molecule has 2 aromatic rings.